The van der Waals surface area contributed by atoms with Crippen molar-refractivity contribution in [2.24, 2.45) is 29.1 Å². The van der Waals surface area contributed by atoms with Crippen molar-refractivity contribution in [2.45, 2.75) is 25.7 Å². The molecule has 2 bridgehead atoms. The monoisotopic (exact) mass is 363 g/mol. The first-order valence-electron chi connectivity index (χ1n) is 7.82. The van der Waals surface area contributed by atoms with Crippen molar-refractivity contribution in [1.82, 2.24) is 0 Å². The molecule has 0 heterocycles. The van der Waals surface area contributed by atoms with Gasteiger partial charge in [0.25, 0.3) is 0 Å². The molecule has 2 unspecified atom stereocenters. The van der Waals surface area contributed by atoms with Crippen LogP contribution in [0.15, 0.2) is 28.7 Å². The molecule has 3 saturated carbocycles. The van der Waals surface area contributed by atoms with Gasteiger partial charge >= 0.3 is 5.97 Å². The van der Waals surface area contributed by atoms with Gasteiger partial charge in [0.15, 0.2) is 0 Å². The highest BCUT2D eigenvalue weighted by atomic mass is 79.9. The Morgan fingerprint density at radius 2 is 1.68 bits per heavy atom. The molecule has 3 aliphatic carbocycles. The van der Waals surface area contributed by atoms with Crippen molar-refractivity contribution < 1.29 is 14.7 Å². The standard InChI is InChI=1S/C17H18BrNO3/c18-9-1-3-10(4-2-9)19-15(20)13-11-5-6-12(14(13)16(21)22)17(11)7-8-17/h1-4,11-14H,5-8H2,(H,19,20)(H,21,22)/t11?,12?,13-,14-/m1/s1. The van der Waals surface area contributed by atoms with Crippen molar-refractivity contribution in [3.05, 3.63) is 28.7 Å². The van der Waals surface area contributed by atoms with Gasteiger partial charge < -0.3 is 10.4 Å². The smallest absolute Gasteiger partial charge is 0.307 e. The Morgan fingerprint density at radius 1 is 1.09 bits per heavy atom. The van der Waals surface area contributed by atoms with Crippen molar-refractivity contribution >= 4 is 33.5 Å². The molecule has 1 aromatic rings. The minimum Gasteiger partial charge on any atom is -0.481 e. The summed E-state index contributed by atoms with van der Waals surface area (Å²) in [5.41, 5.74) is 0.898. The maximum atomic E-state index is 12.7. The maximum absolute atomic E-state index is 12.7. The Hall–Kier alpha value is -1.36. The van der Waals surface area contributed by atoms with Gasteiger partial charge in [-0.05, 0) is 67.2 Å². The zero-order chi connectivity index (χ0) is 15.5. The first kappa shape index (κ1) is 14.2. The van der Waals surface area contributed by atoms with E-state index in [4.69, 9.17) is 0 Å². The Morgan fingerprint density at radius 3 is 2.23 bits per heavy atom. The molecule has 4 nitrogen and oxygen atoms in total. The predicted octanol–water partition coefficient (Wildman–Crippen LogP) is 3.52. The first-order chi connectivity index (χ1) is 10.5. The molecule has 4 atom stereocenters. The van der Waals surface area contributed by atoms with Crippen LogP contribution < -0.4 is 5.32 Å². The Kier molecular flexibility index (Phi) is 3.12. The van der Waals surface area contributed by atoms with Crippen LogP contribution in [0.25, 0.3) is 0 Å². The van der Waals surface area contributed by atoms with Gasteiger partial charge in [-0.15, -0.1) is 0 Å². The van der Waals surface area contributed by atoms with Crippen molar-refractivity contribution in [3.63, 3.8) is 0 Å². The van der Waals surface area contributed by atoms with Gasteiger partial charge in [-0.25, -0.2) is 0 Å². The SMILES string of the molecule is O=C(O)[C@@H]1C2CCC([C@H]1C(=O)Nc1ccc(Br)cc1)C21CC1. The van der Waals surface area contributed by atoms with E-state index in [1.165, 1.54) is 0 Å². The quantitative estimate of drug-likeness (QED) is 0.863. The van der Waals surface area contributed by atoms with Gasteiger partial charge in [0.2, 0.25) is 5.91 Å². The number of carboxylic acids is 1. The summed E-state index contributed by atoms with van der Waals surface area (Å²) in [4.78, 5) is 24.5. The molecule has 2 N–H and O–H groups in total. The van der Waals surface area contributed by atoms with E-state index in [-0.39, 0.29) is 29.1 Å². The number of aliphatic carboxylic acids is 1. The Bertz CT molecular complexity index is 638. The van der Waals surface area contributed by atoms with Crippen LogP contribution in [0.1, 0.15) is 25.7 Å². The number of halogens is 1. The second-order valence-electron chi connectivity index (χ2n) is 6.91. The molecule has 3 aliphatic rings. The molecule has 1 aromatic carbocycles. The third-order valence-corrected chi connectivity index (χ3v) is 6.58. The number of hydrogen-bond donors (Lipinski definition) is 2. The molecule has 0 saturated heterocycles. The largest absolute Gasteiger partial charge is 0.481 e. The highest BCUT2D eigenvalue weighted by Gasteiger charge is 2.71. The van der Waals surface area contributed by atoms with E-state index >= 15 is 0 Å². The van der Waals surface area contributed by atoms with Crippen LogP contribution in [0, 0.1) is 29.1 Å². The molecular weight excluding hydrogens is 346 g/mol. The lowest BCUT2D eigenvalue weighted by Gasteiger charge is -2.26. The second-order valence-corrected chi connectivity index (χ2v) is 7.83. The van der Waals surface area contributed by atoms with Crippen molar-refractivity contribution in [3.8, 4) is 0 Å². The molecule has 4 rings (SSSR count). The van der Waals surface area contributed by atoms with Crippen LogP contribution in [0.3, 0.4) is 0 Å². The number of amides is 1. The summed E-state index contributed by atoms with van der Waals surface area (Å²) in [5.74, 6) is -1.33. The predicted molar refractivity (Wildman–Crippen MR) is 85.3 cm³/mol. The van der Waals surface area contributed by atoms with Crippen LogP contribution in [-0.2, 0) is 9.59 Å². The van der Waals surface area contributed by atoms with Gasteiger partial charge in [-0.2, -0.15) is 0 Å². The third kappa shape index (κ3) is 1.94. The average molecular weight is 364 g/mol. The van der Waals surface area contributed by atoms with Crippen molar-refractivity contribution in [1.29, 1.82) is 0 Å². The van der Waals surface area contributed by atoms with Gasteiger partial charge in [-0.1, -0.05) is 15.9 Å². The number of hydrogen-bond acceptors (Lipinski definition) is 2. The summed E-state index contributed by atoms with van der Waals surface area (Å²) in [6.07, 6.45) is 4.19. The number of benzene rings is 1. The van der Waals surface area contributed by atoms with Crippen LogP contribution in [-0.4, -0.2) is 17.0 Å². The molecule has 0 aromatic heterocycles. The van der Waals surface area contributed by atoms with Crippen LogP contribution in [0.5, 0.6) is 0 Å². The van der Waals surface area contributed by atoms with E-state index in [9.17, 15) is 14.7 Å². The normalized spacial score (nSPS) is 33.9. The van der Waals surface area contributed by atoms with E-state index in [0.29, 0.717) is 0 Å². The zero-order valence-corrected chi connectivity index (χ0v) is 13.7. The fraction of sp³-hybridized carbons (Fsp3) is 0.529. The summed E-state index contributed by atoms with van der Waals surface area (Å²) in [6, 6.07) is 7.40. The number of carbonyl (C=O) groups is 2. The van der Waals surface area contributed by atoms with Crippen molar-refractivity contribution in [2.75, 3.05) is 5.32 Å². The molecule has 1 amide bonds. The highest BCUT2D eigenvalue weighted by molar-refractivity contribution is 9.10. The Labute approximate surface area is 137 Å². The molecule has 1 spiro atoms. The van der Waals surface area contributed by atoms with Crippen LogP contribution in [0.4, 0.5) is 5.69 Å². The minimum atomic E-state index is -0.797. The fourth-order valence-corrected chi connectivity index (χ4v) is 5.36. The lowest BCUT2D eigenvalue weighted by atomic mass is 9.78. The third-order valence-electron chi connectivity index (χ3n) is 6.05. The van der Waals surface area contributed by atoms with E-state index in [0.717, 1.165) is 35.8 Å². The fourth-order valence-electron chi connectivity index (χ4n) is 5.10. The minimum absolute atomic E-state index is 0.117. The average Bonchev–Trinajstić information content (AvgIpc) is 3.15. The highest BCUT2D eigenvalue weighted by Crippen LogP contribution is 2.74. The number of carboxylic acid groups (broad SMARTS) is 1. The van der Waals surface area contributed by atoms with E-state index < -0.39 is 11.9 Å². The molecule has 5 heteroatoms. The summed E-state index contributed by atoms with van der Waals surface area (Å²) < 4.78 is 0.950. The van der Waals surface area contributed by atoms with E-state index in [2.05, 4.69) is 21.2 Å². The summed E-state index contributed by atoms with van der Waals surface area (Å²) in [7, 11) is 0. The molecule has 0 radical (unpaired) electrons. The lowest BCUT2D eigenvalue weighted by molar-refractivity contribution is -0.148. The molecule has 116 valence electrons. The van der Waals surface area contributed by atoms with Gasteiger partial charge in [0, 0.05) is 10.2 Å². The summed E-state index contributed by atoms with van der Waals surface area (Å²) in [5, 5.41) is 12.6. The Balaban J connectivity index is 1.59. The number of carbonyl (C=O) groups excluding carboxylic acids is 1. The number of anilines is 1. The van der Waals surface area contributed by atoms with Crippen LogP contribution >= 0.6 is 15.9 Å². The molecule has 3 fully saturated rings. The molecular formula is C17H18BrNO3. The van der Waals surface area contributed by atoms with Gasteiger partial charge in [0.1, 0.15) is 0 Å². The number of nitrogens with one attached hydrogen (secondary N) is 1. The summed E-state index contributed by atoms with van der Waals surface area (Å²) in [6.45, 7) is 0. The first-order valence-corrected chi connectivity index (χ1v) is 8.61. The molecule has 0 aliphatic heterocycles. The lowest BCUT2D eigenvalue weighted by Crippen LogP contribution is -2.37. The number of rotatable bonds is 3. The van der Waals surface area contributed by atoms with Gasteiger partial charge in [-0.3, -0.25) is 9.59 Å². The maximum Gasteiger partial charge on any atom is 0.307 e. The zero-order valence-electron chi connectivity index (χ0n) is 12.1. The topological polar surface area (TPSA) is 66.4 Å². The van der Waals surface area contributed by atoms with Gasteiger partial charge in [0.05, 0.1) is 11.8 Å². The summed E-state index contributed by atoms with van der Waals surface area (Å²) >= 11 is 3.37. The van der Waals surface area contributed by atoms with Crippen LogP contribution in [0.2, 0.25) is 0 Å². The second kappa shape index (κ2) is 4.82. The van der Waals surface area contributed by atoms with E-state index in [1.807, 2.05) is 24.3 Å². The van der Waals surface area contributed by atoms with E-state index in [1.54, 1.807) is 0 Å². The molecule has 22 heavy (non-hydrogen) atoms.